The fourth-order valence-corrected chi connectivity index (χ4v) is 3.19. The lowest BCUT2D eigenvalue weighted by Crippen LogP contribution is -2.31. The van der Waals surface area contributed by atoms with E-state index in [9.17, 15) is 14.0 Å². The van der Waals surface area contributed by atoms with Crippen LogP contribution in [0.3, 0.4) is 0 Å². The van der Waals surface area contributed by atoms with Crippen molar-refractivity contribution in [2.45, 2.75) is 26.2 Å². The molecule has 0 spiro atoms. The first kappa shape index (κ1) is 23.7. The first-order valence-electron chi connectivity index (χ1n) is 10.2. The van der Waals surface area contributed by atoms with Crippen LogP contribution in [0.2, 0.25) is 0 Å². The molecule has 7 nitrogen and oxygen atoms in total. The lowest BCUT2D eigenvalue weighted by molar-refractivity contribution is -0.125. The molecule has 166 valence electrons. The van der Waals surface area contributed by atoms with Gasteiger partial charge >= 0.3 is 6.09 Å². The first-order chi connectivity index (χ1) is 14.4. The van der Waals surface area contributed by atoms with Gasteiger partial charge in [-0.05, 0) is 30.0 Å². The molecule has 1 aromatic carbocycles. The minimum atomic E-state index is -0.510. The van der Waals surface area contributed by atoms with Crippen molar-refractivity contribution < 1.29 is 28.2 Å². The van der Waals surface area contributed by atoms with Crippen LogP contribution in [0.25, 0.3) is 0 Å². The van der Waals surface area contributed by atoms with Crippen molar-refractivity contribution in [2.24, 2.45) is 5.92 Å². The van der Waals surface area contributed by atoms with Crippen molar-refractivity contribution in [1.82, 2.24) is 10.2 Å². The van der Waals surface area contributed by atoms with Crippen LogP contribution in [-0.4, -0.2) is 63.0 Å². The number of hydrogen-bond donors (Lipinski definition) is 1. The zero-order valence-electron chi connectivity index (χ0n) is 17.7. The molecule has 2 rings (SSSR count). The maximum Gasteiger partial charge on any atom is 0.407 e. The number of carbonyl (C=O) groups is 2. The number of ether oxygens (including phenoxy) is 3. The van der Waals surface area contributed by atoms with Gasteiger partial charge in [-0.1, -0.05) is 26.5 Å². The second-order valence-electron chi connectivity index (χ2n) is 7.47. The van der Waals surface area contributed by atoms with Gasteiger partial charge in [-0.2, -0.15) is 0 Å². The average molecular weight is 422 g/mol. The monoisotopic (exact) mass is 422 g/mol. The van der Waals surface area contributed by atoms with Crippen LogP contribution in [0.15, 0.2) is 30.9 Å². The summed E-state index contributed by atoms with van der Waals surface area (Å²) < 4.78 is 29.6. The van der Waals surface area contributed by atoms with Crippen LogP contribution in [0.5, 0.6) is 5.75 Å². The van der Waals surface area contributed by atoms with Crippen LogP contribution in [-0.2, 0) is 14.3 Å². The number of rotatable bonds is 11. The van der Waals surface area contributed by atoms with Crippen LogP contribution in [0.4, 0.5) is 9.18 Å². The van der Waals surface area contributed by atoms with Gasteiger partial charge in [0.2, 0.25) is 5.91 Å². The Labute approximate surface area is 177 Å². The number of nitrogens with one attached hydrogen (secondary N) is 1. The molecule has 1 aromatic rings. The molecule has 0 radical (unpaired) electrons. The molecule has 1 unspecified atom stereocenters. The summed E-state index contributed by atoms with van der Waals surface area (Å²) in [7, 11) is 0. The van der Waals surface area contributed by atoms with Gasteiger partial charge in [0, 0.05) is 31.6 Å². The maximum atomic E-state index is 13.4. The van der Waals surface area contributed by atoms with Gasteiger partial charge in [-0.25, -0.2) is 9.18 Å². The minimum Gasteiger partial charge on any atom is -0.491 e. The number of likely N-dealkylation sites (tertiary alicyclic amines) is 1. The van der Waals surface area contributed by atoms with E-state index in [1.807, 2.05) is 13.8 Å². The van der Waals surface area contributed by atoms with E-state index in [-0.39, 0.29) is 36.8 Å². The van der Waals surface area contributed by atoms with Crippen LogP contribution in [0.1, 0.15) is 31.7 Å². The Morgan fingerprint density at radius 1 is 1.33 bits per heavy atom. The van der Waals surface area contributed by atoms with Crippen molar-refractivity contribution in [3.63, 3.8) is 0 Å². The largest absolute Gasteiger partial charge is 0.491 e. The van der Waals surface area contributed by atoms with Gasteiger partial charge in [-0.3, -0.25) is 4.79 Å². The molecule has 1 saturated heterocycles. The predicted octanol–water partition coefficient (Wildman–Crippen LogP) is 3.11. The lowest BCUT2D eigenvalue weighted by Gasteiger charge is -2.15. The van der Waals surface area contributed by atoms with Crippen molar-refractivity contribution in [3.8, 4) is 5.75 Å². The summed E-state index contributed by atoms with van der Waals surface area (Å²) in [6.07, 6.45) is 1.59. The molecule has 1 aliphatic heterocycles. The van der Waals surface area contributed by atoms with Crippen LogP contribution < -0.4 is 10.1 Å². The van der Waals surface area contributed by atoms with E-state index in [4.69, 9.17) is 14.2 Å². The lowest BCUT2D eigenvalue weighted by atomic mass is 10.0. The highest BCUT2D eigenvalue weighted by molar-refractivity contribution is 5.87. The fraction of sp³-hybridized carbons (Fsp3) is 0.545. The number of halogens is 1. The molecular weight excluding hydrogens is 391 g/mol. The molecule has 0 bridgehead atoms. The Bertz CT molecular complexity index is 725. The van der Waals surface area contributed by atoms with Crippen LogP contribution in [0, 0.1) is 11.7 Å². The van der Waals surface area contributed by atoms with E-state index in [1.165, 1.54) is 18.2 Å². The SMILES string of the molecule is C=CC(=O)N1CCC(COC(=O)NCCOCCOc2cc(F)ccc2C(C)C)C1. The fourth-order valence-electron chi connectivity index (χ4n) is 3.19. The quantitative estimate of drug-likeness (QED) is 0.438. The van der Waals surface area contributed by atoms with E-state index in [0.29, 0.717) is 38.6 Å². The van der Waals surface area contributed by atoms with Gasteiger partial charge in [0.1, 0.15) is 18.2 Å². The smallest absolute Gasteiger partial charge is 0.407 e. The van der Waals surface area contributed by atoms with Crippen molar-refractivity contribution in [2.75, 3.05) is 46.1 Å². The second-order valence-corrected chi connectivity index (χ2v) is 7.47. The Hall–Kier alpha value is -2.61. The van der Waals surface area contributed by atoms with E-state index < -0.39 is 6.09 Å². The van der Waals surface area contributed by atoms with Crippen molar-refractivity contribution >= 4 is 12.0 Å². The molecule has 1 fully saturated rings. The molecular formula is C22H31FN2O5. The Morgan fingerprint density at radius 3 is 2.87 bits per heavy atom. The van der Waals surface area contributed by atoms with E-state index in [2.05, 4.69) is 11.9 Å². The van der Waals surface area contributed by atoms with E-state index >= 15 is 0 Å². The zero-order chi connectivity index (χ0) is 21.9. The minimum absolute atomic E-state index is 0.0964. The predicted molar refractivity (Wildman–Crippen MR) is 111 cm³/mol. The zero-order valence-corrected chi connectivity index (χ0v) is 17.7. The number of benzene rings is 1. The molecule has 0 saturated carbocycles. The third-order valence-electron chi connectivity index (χ3n) is 4.82. The number of amides is 2. The second kappa shape index (κ2) is 12.2. The summed E-state index contributed by atoms with van der Waals surface area (Å²) in [5.74, 6) is 0.463. The summed E-state index contributed by atoms with van der Waals surface area (Å²) in [4.78, 5) is 25.0. The van der Waals surface area contributed by atoms with Crippen molar-refractivity contribution in [1.29, 1.82) is 0 Å². The Balaban J connectivity index is 1.53. The average Bonchev–Trinajstić information content (AvgIpc) is 3.20. The molecule has 1 aliphatic rings. The summed E-state index contributed by atoms with van der Waals surface area (Å²) in [5.41, 5.74) is 0.944. The molecule has 1 N–H and O–H groups in total. The number of hydrogen-bond acceptors (Lipinski definition) is 5. The topological polar surface area (TPSA) is 77.1 Å². The summed E-state index contributed by atoms with van der Waals surface area (Å²) in [6, 6.07) is 4.53. The van der Waals surface area contributed by atoms with Crippen molar-refractivity contribution in [3.05, 3.63) is 42.2 Å². The van der Waals surface area contributed by atoms with E-state index in [0.717, 1.165) is 12.0 Å². The Morgan fingerprint density at radius 2 is 2.13 bits per heavy atom. The number of nitrogens with zero attached hydrogens (tertiary/aromatic N) is 1. The third kappa shape index (κ3) is 7.67. The highest BCUT2D eigenvalue weighted by atomic mass is 19.1. The summed E-state index contributed by atoms with van der Waals surface area (Å²) >= 11 is 0. The number of carbonyl (C=O) groups excluding carboxylic acids is 2. The van der Waals surface area contributed by atoms with Gasteiger partial charge in [0.15, 0.2) is 0 Å². The molecule has 0 aromatic heterocycles. The molecule has 8 heteroatoms. The first-order valence-corrected chi connectivity index (χ1v) is 10.2. The van der Waals surface area contributed by atoms with E-state index in [1.54, 1.807) is 11.0 Å². The highest BCUT2D eigenvalue weighted by Crippen LogP contribution is 2.27. The number of alkyl carbamates (subject to hydrolysis) is 1. The highest BCUT2D eigenvalue weighted by Gasteiger charge is 2.25. The normalized spacial score (nSPS) is 15.9. The maximum absolute atomic E-state index is 13.4. The summed E-state index contributed by atoms with van der Waals surface area (Å²) in [5, 5.41) is 2.62. The summed E-state index contributed by atoms with van der Waals surface area (Å²) in [6.45, 7) is 10.2. The molecule has 30 heavy (non-hydrogen) atoms. The van der Waals surface area contributed by atoms with Gasteiger partial charge in [-0.15, -0.1) is 0 Å². The van der Waals surface area contributed by atoms with Gasteiger partial charge in [0.25, 0.3) is 0 Å². The molecule has 1 heterocycles. The Kier molecular flexibility index (Phi) is 9.60. The molecule has 2 amide bonds. The third-order valence-corrected chi connectivity index (χ3v) is 4.82. The van der Waals surface area contributed by atoms with Crippen LogP contribution >= 0.6 is 0 Å². The molecule has 1 atom stereocenters. The van der Waals surface area contributed by atoms with Gasteiger partial charge < -0.3 is 24.4 Å². The van der Waals surface area contributed by atoms with Gasteiger partial charge in [0.05, 0.1) is 19.8 Å². The standard InChI is InChI=1S/C22H31FN2O5/c1-4-21(26)25-9-7-17(14-25)15-30-22(27)24-8-10-28-11-12-29-20-13-18(23)5-6-19(20)16(2)3/h4-6,13,16-17H,1,7-12,14-15H2,2-3H3,(H,24,27). The molecule has 0 aliphatic carbocycles.